The van der Waals surface area contributed by atoms with Crippen LogP contribution in [0.15, 0.2) is 46.9 Å². The van der Waals surface area contributed by atoms with E-state index in [0.717, 1.165) is 11.1 Å². The summed E-state index contributed by atoms with van der Waals surface area (Å²) in [6.07, 6.45) is 0. The van der Waals surface area contributed by atoms with E-state index < -0.39 is 0 Å². The maximum absolute atomic E-state index is 14.1. The summed E-state index contributed by atoms with van der Waals surface area (Å²) in [5.74, 6) is -0.0113. The molecule has 19 heavy (non-hydrogen) atoms. The second kappa shape index (κ2) is 4.78. The second-order valence-electron chi connectivity index (χ2n) is 4.34. The molecule has 4 heteroatoms. The van der Waals surface area contributed by atoms with E-state index in [-0.39, 0.29) is 10.6 Å². The third kappa shape index (κ3) is 2.28. The van der Waals surface area contributed by atoms with Crippen LogP contribution in [-0.4, -0.2) is 4.98 Å². The molecule has 0 amide bonds. The molecule has 0 N–H and O–H groups in total. The first-order chi connectivity index (χ1) is 9.15. The van der Waals surface area contributed by atoms with Gasteiger partial charge < -0.3 is 4.42 Å². The number of oxazole rings is 1. The summed E-state index contributed by atoms with van der Waals surface area (Å²) in [7, 11) is 0. The number of halogens is 2. The molecule has 0 fully saturated rings. The minimum atomic E-state index is -0.324. The summed E-state index contributed by atoms with van der Waals surface area (Å²) >= 11 is 3.42. The quantitative estimate of drug-likeness (QED) is 0.615. The van der Waals surface area contributed by atoms with Crippen molar-refractivity contribution < 1.29 is 8.81 Å². The average molecular weight is 320 g/mol. The summed E-state index contributed by atoms with van der Waals surface area (Å²) < 4.78 is 19.7. The molecular weight excluding hydrogens is 309 g/mol. The molecule has 96 valence electrons. The Hall–Kier alpha value is -1.68. The third-order valence-corrected chi connectivity index (χ3v) is 3.51. The zero-order valence-corrected chi connectivity index (χ0v) is 11.8. The fraction of sp³-hybridized carbons (Fsp3) is 0.133. The van der Waals surface area contributed by atoms with E-state index in [2.05, 4.69) is 20.9 Å². The summed E-state index contributed by atoms with van der Waals surface area (Å²) in [5.41, 5.74) is 2.66. The molecule has 1 atom stereocenters. The van der Waals surface area contributed by atoms with Gasteiger partial charge in [0.25, 0.3) is 0 Å². The Balaban J connectivity index is 2.11. The standard InChI is InChI=1S/C15H11BrFNO/c1-9(16)10-6-7-11(12(17)8-10)15-18-13-4-2-3-5-14(13)19-15/h2-9H,1H3. The Labute approximate surface area is 118 Å². The van der Waals surface area contributed by atoms with E-state index in [1.54, 1.807) is 6.07 Å². The van der Waals surface area contributed by atoms with Crippen molar-refractivity contribution in [3.8, 4) is 11.5 Å². The zero-order chi connectivity index (χ0) is 13.4. The van der Waals surface area contributed by atoms with E-state index in [9.17, 15) is 4.39 Å². The highest BCUT2D eigenvalue weighted by Crippen LogP contribution is 2.29. The minimum absolute atomic E-state index is 0.111. The highest BCUT2D eigenvalue weighted by molar-refractivity contribution is 9.09. The lowest BCUT2D eigenvalue weighted by Crippen LogP contribution is -1.89. The zero-order valence-electron chi connectivity index (χ0n) is 10.2. The van der Waals surface area contributed by atoms with Crippen LogP contribution in [0.25, 0.3) is 22.6 Å². The summed E-state index contributed by atoms with van der Waals surface area (Å²) in [5, 5.41) is 0. The summed E-state index contributed by atoms with van der Waals surface area (Å²) in [4.78, 5) is 4.41. The fourth-order valence-corrected chi connectivity index (χ4v) is 2.22. The molecular formula is C15H11BrFNO. The van der Waals surface area contributed by atoms with Crippen LogP contribution in [0.2, 0.25) is 0 Å². The van der Waals surface area contributed by atoms with Crippen LogP contribution in [0.1, 0.15) is 17.3 Å². The maximum atomic E-state index is 14.1. The number of benzene rings is 2. The van der Waals surface area contributed by atoms with Crippen molar-refractivity contribution in [1.29, 1.82) is 0 Å². The predicted molar refractivity (Wildman–Crippen MR) is 76.7 cm³/mol. The Morgan fingerprint density at radius 1 is 1.21 bits per heavy atom. The predicted octanol–water partition coefficient (Wildman–Crippen LogP) is 5.09. The molecule has 0 saturated carbocycles. The number of rotatable bonds is 2. The molecule has 2 aromatic carbocycles. The topological polar surface area (TPSA) is 26.0 Å². The van der Waals surface area contributed by atoms with E-state index in [0.29, 0.717) is 17.0 Å². The molecule has 1 heterocycles. The Kier molecular flexibility index (Phi) is 3.11. The first-order valence-electron chi connectivity index (χ1n) is 5.94. The molecule has 1 unspecified atom stereocenters. The minimum Gasteiger partial charge on any atom is -0.436 e. The average Bonchev–Trinajstić information content (AvgIpc) is 2.81. The van der Waals surface area contributed by atoms with Gasteiger partial charge in [0, 0.05) is 4.83 Å². The molecule has 1 aromatic heterocycles. The van der Waals surface area contributed by atoms with Gasteiger partial charge in [-0.25, -0.2) is 9.37 Å². The number of hydrogen-bond donors (Lipinski definition) is 0. The maximum Gasteiger partial charge on any atom is 0.230 e. The highest BCUT2D eigenvalue weighted by atomic mass is 79.9. The largest absolute Gasteiger partial charge is 0.436 e. The van der Waals surface area contributed by atoms with Crippen molar-refractivity contribution in [2.24, 2.45) is 0 Å². The van der Waals surface area contributed by atoms with Gasteiger partial charge in [0.1, 0.15) is 11.3 Å². The Morgan fingerprint density at radius 3 is 2.68 bits per heavy atom. The van der Waals surface area contributed by atoms with Crippen LogP contribution in [-0.2, 0) is 0 Å². The SMILES string of the molecule is CC(Br)c1ccc(-c2nc3ccccc3o2)c(F)c1. The van der Waals surface area contributed by atoms with Crippen LogP contribution in [0, 0.1) is 5.82 Å². The second-order valence-corrected chi connectivity index (χ2v) is 5.72. The van der Waals surface area contributed by atoms with E-state index in [1.807, 2.05) is 37.3 Å². The van der Waals surface area contributed by atoms with Gasteiger partial charge in [-0.05, 0) is 36.8 Å². The van der Waals surface area contributed by atoms with Gasteiger partial charge in [-0.1, -0.05) is 34.1 Å². The monoisotopic (exact) mass is 319 g/mol. The van der Waals surface area contributed by atoms with Crippen LogP contribution in [0.5, 0.6) is 0 Å². The molecule has 0 radical (unpaired) electrons. The fourth-order valence-electron chi connectivity index (χ4n) is 1.94. The molecule has 0 aliphatic heterocycles. The Bertz CT molecular complexity index is 703. The van der Waals surface area contributed by atoms with Crippen LogP contribution < -0.4 is 0 Å². The lowest BCUT2D eigenvalue weighted by atomic mass is 10.1. The third-order valence-electron chi connectivity index (χ3n) is 2.98. The van der Waals surface area contributed by atoms with Crippen LogP contribution >= 0.6 is 15.9 Å². The van der Waals surface area contributed by atoms with Crippen molar-refractivity contribution >= 4 is 27.0 Å². The molecule has 0 bridgehead atoms. The van der Waals surface area contributed by atoms with Gasteiger partial charge in [-0.2, -0.15) is 0 Å². The van der Waals surface area contributed by atoms with E-state index in [4.69, 9.17) is 4.42 Å². The lowest BCUT2D eigenvalue weighted by molar-refractivity contribution is 0.592. The molecule has 3 aromatic rings. The van der Waals surface area contributed by atoms with Crippen LogP contribution in [0.3, 0.4) is 0 Å². The molecule has 0 aliphatic carbocycles. The van der Waals surface area contributed by atoms with Gasteiger partial charge >= 0.3 is 0 Å². The van der Waals surface area contributed by atoms with Crippen molar-refractivity contribution in [1.82, 2.24) is 4.98 Å². The molecule has 0 spiro atoms. The normalized spacial score (nSPS) is 12.8. The summed E-state index contributed by atoms with van der Waals surface area (Å²) in [6, 6.07) is 12.5. The van der Waals surface area contributed by atoms with Crippen LogP contribution in [0.4, 0.5) is 4.39 Å². The number of aromatic nitrogens is 1. The van der Waals surface area contributed by atoms with Crippen molar-refractivity contribution in [3.05, 3.63) is 53.8 Å². The van der Waals surface area contributed by atoms with Gasteiger partial charge in [0.2, 0.25) is 5.89 Å². The molecule has 0 aliphatic rings. The number of alkyl halides is 1. The van der Waals surface area contributed by atoms with Crippen molar-refractivity contribution in [2.45, 2.75) is 11.8 Å². The van der Waals surface area contributed by atoms with Crippen molar-refractivity contribution in [3.63, 3.8) is 0 Å². The molecule has 3 rings (SSSR count). The van der Waals surface area contributed by atoms with Gasteiger partial charge in [0.05, 0.1) is 5.56 Å². The Morgan fingerprint density at radius 2 is 2.00 bits per heavy atom. The van der Waals surface area contributed by atoms with E-state index >= 15 is 0 Å². The number of fused-ring (bicyclic) bond motifs is 1. The number of hydrogen-bond acceptors (Lipinski definition) is 2. The highest BCUT2D eigenvalue weighted by Gasteiger charge is 2.14. The van der Waals surface area contributed by atoms with Crippen molar-refractivity contribution in [2.75, 3.05) is 0 Å². The molecule has 2 nitrogen and oxygen atoms in total. The molecule has 0 saturated heterocycles. The van der Waals surface area contributed by atoms with E-state index in [1.165, 1.54) is 6.07 Å². The number of para-hydroxylation sites is 2. The van der Waals surface area contributed by atoms with Gasteiger partial charge in [-0.3, -0.25) is 0 Å². The smallest absolute Gasteiger partial charge is 0.230 e. The lowest BCUT2D eigenvalue weighted by Gasteiger charge is -2.05. The number of nitrogens with zero attached hydrogens (tertiary/aromatic N) is 1. The first kappa shape index (κ1) is 12.4. The first-order valence-corrected chi connectivity index (χ1v) is 6.86. The summed E-state index contributed by atoms with van der Waals surface area (Å²) in [6.45, 7) is 1.95. The van der Waals surface area contributed by atoms with Gasteiger partial charge in [-0.15, -0.1) is 0 Å². The van der Waals surface area contributed by atoms with Gasteiger partial charge in [0.15, 0.2) is 5.58 Å².